The Labute approximate surface area is 149 Å². The molecule has 2 aliphatic carbocycles. The maximum atomic E-state index is 12.6. The predicted molar refractivity (Wildman–Crippen MR) is 94.0 cm³/mol. The summed E-state index contributed by atoms with van der Waals surface area (Å²) in [5.74, 6) is 1.11. The van der Waals surface area contributed by atoms with E-state index in [4.69, 9.17) is 0 Å². The van der Waals surface area contributed by atoms with Crippen LogP contribution in [0.4, 0.5) is 0 Å². The molecule has 6 nitrogen and oxygen atoms in total. The van der Waals surface area contributed by atoms with Crippen LogP contribution in [0.15, 0.2) is 34.1 Å². The first-order chi connectivity index (χ1) is 11.9. The maximum absolute atomic E-state index is 12.6. The Morgan fingerprint density at radius 3 is 2.08 bits per heavy atom. The normalized spacial score (nSPS) is 30.2. The second-order valence-corrected chi connectivity index (χ2v) is 11.1. The van der Waals surface area contributed by atoms with Gasteiger partial charge < -0.3 is 0 Å². The third kappa shape index (κ3) is 3.25. The minimum Gasteiger partial charge on any atom is -0.208 e. The zero-order chi connectivity index (χ0) is 17.7. The number of rotatable bonds is 5. The summed E-state index contributed by atoms with van der Waals surface area (Å²) in [4.78, 5) is 0.295. The lowest BCUT2D eigenvalue weighted by molar-refractivity contribution is 0.390. The first-order valence-corrected chi connectivity index (χ1v) is 11.9. The summed E-state index contributed by atoms with van der Waals surface area (Å²) in [5, 5.41) is 0. The first kappa shape index (κ1) is 17.5. The van der Waals surface area contributed by atoms with Crippen LogP contribution in [-0.2, 0) is 20.0 Å². The van der Waals surface area contributed by atoms with Gasteiger partial charge in [0, 0.05) is 19.1 Å². The molecular formula is C17H24N2O4S2. The molecule has 1 saturated heterocycles. The van der Waals surface area contributed by atoms with Crippen LogP contribution in [0, 0.1) is 11.8 Å². The number of nitrogens with zero attached hydrogens (tertiary/aromatic N) is 1. The van der Waals surface area contributed by atoms with Crippen molar-refractivity contribution >= 4 is 20.0 Å². The van der Waals surface area contributed by atoms with Crippen LogP contribution in [0.25, 0.3) is 0 Å². The molecule has 0 aromatic heterocycles. The van der Waals surface area contributed by atoms with Gasteiger partial charge in [-0.05, 0) is 68.2 Å². The van der Waals surface area contributed by atoms with Crippen LogP contribution in [0.3, 0.4) is 0 Å². The van der Waals surface area contributed by atoms with Gasteiger partial charge in [0.15, 0.2) is 0 Å². The van der Waals surface area contributed by atoms with Crippen molar-refractivity contribution in [2.45, 2.75) is 54.4 Å². The van der Waals surface area contributed by atoms with E-state index in [2.05, 4.69) is 4.72 Å². The molecule has 2 bridgehead atoms. The SMILES string of the molecule is O=S(=O)(N[C@@H]1C[C@@H]2CC[C@@H]1C2)c1ccc(S(=O)(=O)N2CCCC2)cc1. The lowest BCUT2D eigenvalue weighted by Crippen LogP contribution is -2.38. The molecule has 0 unspecified atom stereocenters. The molecular weight excluding hydrogens is 360 g/mol. The van der Waals surface area contributed by atoms with Crippen LogP contribution in [-0.4, -0.2) is 40.3 Å². The summed E-state index contributed by atoms with van der Waals surface area (Å²) in [6, 6.07) is 5.64. The van der Waals surface area contributed by atoms with Crippen molar-refractivity contribution < 1.29 is 16.8 Å². The molecule has 0 spiro atoms. The highest BCUT2D eigenvalue weighted by Crippen LogP contribution is 2.44. The number of hydrogen-bond acceptors (Lipinski definition) is 4. The van der Waals surface area contributed by atoms with Crippen LogP contribution >= 0.6 is 0 Å². The van der Waals surface area contributed by atoms with E-state index in [-0.39, 0.29) is 15.8 Å². The Hall–Kier alpha value is -0.960. The van der Waals surface area contributed by atoms with E-state index in [9.17, 15) is 16.8 Å². The molecule has 1 heterocycles. The van der Waals surface area contributed by atoms with Crippen LogP contribution < -0.4 is 4.72 Å². The van der Waals surface area contributed by atoms with Gasteiger partial charge in [0.2, 0.25) is 20.0 Å². The lowest BCUT2D eigenvalue weighted by atomic mass is 9.96. The van der Waals surface area contributed by atoms with Gasteiger partial charge in [0.25, 0.3) is 0 Å². The van der Waals surface area contributed by atoms with E-state index >= 15 is 0 Å². The molecule has 2 saturated carbocycles. The molecule has 1 aromatic carbocycles. The average Bonchev–Trinajstić information content (AvgIpc) is 3.32. The lowest BCUT2D eigenvalue weighted by Gasteiger charge is -2.22. The molecule has 8 heteroatoms. The molecule has 3 atom stereocenters. The Kier molecular flexibility index (Phi) is 4.42. The second-order valence-electron chi connectivity index (χ2n) is 7.49. The van der Waals surface area contributed by atoms with Crippen LogP contribution in [0.1, 0.15) is 38.5 Å². The van der Waals surface area contributed by atoms with Gasteiger partial charge in [-0.2, -0.15) is 4.31 Å². The summed E-state index contributed by atoms with van der Waals surface area (Å²) >= 11 is 0. The molecule has 25 heavy (non-hydrogen) atoms. The third-order valence-corrected chi connectivity index (χ3v) is 9.30. The summed E-state index contributed by atoms with van der Waals surface area (Å²) in [7, 11) is -7.12. The Morgan fingerprint density at radius 1 is 0.880 bits per heavy atom. The fraction of sp³-hybridized carbons (Fsp3) is 0.647. The number of fused-ring (bicyclic) bond motifs is 2. The highest BCUT2D eigenvalue weighted by Gasteiger charge is 2.41. The van der Waals surface area contributed by atoms with Gasteiger partial charge in [0.05, 0.1) is 9.79 Å². The summed E-state index contributed by atoms with van der Waals surface area (Å²) in [6.45, 7) is 1.07. The largest absolute Gasteiger partial charge is 0.243 e. The molecule has 1 N–H and O–H groups in total. The number of nitrogens with one attached hydrogen (secondary N) is 1. The zero-order valence-electron chi connectivity index (χ0n) is 14.1. The Morgan fingerprint density at radius 2 is 1.52 bits per heavy atom. The van der Waals surface area contributed by atoms with E-state index in [1.165, 1.54) is 35.0 Å². The van der Waals surface area contributed by atoms with Crippen molar-refractivity contribution in [3.05, 3.63) is 24.3 Å². The van der Waals surface area contributed by atoms with Crippen molar-refractivity contribution in [3.8, 4) is 0 Å². The van der Waals surface area contributed by atoms with E-state index in [0.29, 0.717) is 24.9 Å². The van der Waals surface area contributed by atoms with Gasteiger partial charge in [-0.3, -0.25) is 0 Å². The molecule has 0 radical (unpaired) electrons. The second kappa shape index (κ2) is 6.33. The quantitative estimate of drug-likeness (QED) is 0.841. The first-order valence-electron chi connectivity index (χ1n) is 8.99. The topological polar surface area (TPSA) is 83.5 Å². The fourth-order valence-corrected chi connectivity index (χ4v) is 7.36. The minimum atomic E-state index is -3.61. The molecule has 1 aliphatic heterocycles. The Bertz CT molecular complexity index is 843. The van der Waals surface area contributed by atoms with Gasteiger partial charge in [-0.1, -0.05) is 6.42 Å². The minimum absolute atomic E-state index is 0.0248. The van der Waals surface area contributed by atoms with E-state index in [1.54, 1.807) is 0 Å². The van der Waals surface area contributed by atoms with Crippen molar-refractivity contribution in [2.24, 2.45) is 11.8 Å². The monoisotopic (exact) mass is 384 g/mol. The van der Waals surface area contributed by atoms with Gasteiger partial charge in [0.1, 0.15) is 0 Å². The number of benzene rings is 1. The fourth-order valence-electron chi connectivity index (χ4n) is 4.52. The van der Waals surface area contributed by atoms with Crippen molar-refractivity contribution in [3.63, 3.8) is 0 Å². The molecule has 0 amide bonds. The Balaban J connectivity index is 1.51. The van der Waals surface area contributed by atoms with Gasteiger partial charge in [-0.25, -0.2) is 21.6 Å². The number of sulfonamides is 2. The summed E-state index contributed by atoms with van der Waals surface area (Å²) in [6.07, 6.45) is 6.11. The predicted octanol–water partition coefficient (Wildman–Crippen LogP) is 1.94. The van der Waals surface area contributed by atoms with Crippen molar-refractivity contribution in [2.75, 3.05) is 13.1 Å². The smallest absolute Gasteiger partial charge is 0.208 e. The van der Waals surface area contributed by atoms with Crippen LogP contribution in [0.2, 0.25) is 0 Å². The van der Waals surface area contributed by atoms with Crippen molar-refractivity contribution in [1.82, 2.24) is 9.03 Å². The molecule has 3 fully saturated rings. The van der Waals surface area contributed by atoms with Crippen molar-refractivity contribution in [1.29, 1.82) is 0 Å². The van der Waals surface area contributed by atoms with Gasteiger partial charge in [-0.15, -0.1) is 0 Å². The summed E-state index contributed by atoms with van der Waals surface area (Å²) in [5.41, 5.74) is 0. The van der Waals surface area contributed by atoms with Crippen LogP contribution in [0.5, 0.6) is 0 Å². The van der Waals surface area contributed by atoms with E-state index < -0.39 is 20.0 Å². The average molecular weight is 385 g/mol. The molecule has 1 aromatic rings. The standard InChI is InChI=1S/C17H24N2O4S2/c20-24(21,18-17-12-13-3-4-14(17)11-13)15-5-7-16(8-6-15)25(22,23)19-9-1-2-10-19/h5-8,13-14,17-18H,1-4,9-12H2/t13-,14-,17-/m1/s1. The maximum Gasteiger partial charge on any atom is 0.243 e. The highest BCUT2D eigenvalue weighted by molar-refractivity contribution is 7.89. The molecule has 138 valence electrons. The zero-order valence-corrected chi connectivity index (χ0v) is 15.7. The molecule has 4 rings (SSSR count). The number of hydrogen-bond donors (Lipinski definition) is 1. The highest BCUT2D eigenvalue weighted by atomic mass is 32.2. The summed E-state index contributed by atoms with van der Waals surface area (Å²) < 4.78 is 54.6. The van der Waals surface area contributed by atoms with E-state index in [1.807, 2.05) is 0 Å². The molecule has 3 aliphatic rings. The van der Waals surface area contributed by atoms with E-state index in [0.717, 1.165) is 32.1 Å². The third-order valence-electron chi connectivity index (χ3n) is 5.88. The van der Waals surface area contributed by atoms with Gasteiger partial charge >= 0.3 is 0 Å².